The SMILES string of the molecule is O=S(=O)(NCc1ccccc1NCC=Cc1ccc(Cl)cc1)c1cccc2cnccc12. The van der Waals surface area contributed by atoms with Crippen molar-refractivity contribution < 1.29 is 8.42 Å². The number of aromatic nitrogens is 1. The van der Waals surface area contributed by atoms with Crippen LogP contribution in [0.2, 0.25) is 5.02 Å². The van der Waals surface area contributed by atoms with Gasteiger partial charge in [-0.1, -0.05) is 66.2 Å². The van der Waals surface area contributed by atoms with Gasteiger partial charge in [0.2, 0.25) is 10.0 Å². The Kier molecular flexibility index (Phi) is 6.85. The third-order valence-electron chi connectivity index (χ3n) is 4.99. The second-order valence-electron chi connectivity index (χ2n) is 7.17. The molecule has 0 aliphatic rings. The average molecular weight is 464 g/mol. The van der Waals surface area contributed by atoms with E-state index in [1.54, 1.807) is 30.6 Å². The highest BCUT2D eigenvalue weighted by Gasteiger charge is 2.17. The summed E-state index contributed by atoms with van der Waals surface area (Å²) < 4.78 is 28.7. The molecule has 0 unspecified atom stereocenters. The number of hydrogen-bond acceptors (Lipinski definition) is 4. The Morgan fingerprint density at radius 1 is 0.938 bits per heavy atom. The molecule has 1 heterocycles. The van der Waals surface area contributed by atoms with Crippen molar-refractivity contribution in [3.05, 3.63) is 107 Å². The average Bonchev–Trinajstić information content (AvgIpc) is 2.82. The summed E-state index contributed by atoms with van der Waals surface area (Å²) in [5.74, 6) is 0. The van der Waals surface area contributed by atoms with Crippen molar-refractivity contribution in [2.45, 2.75) is 11.4 Å². The zero-order valence-corrected chi connectivity index (χ0v) is 18.8. The van der Waals surface area contributed by atoms with Gasteiger partial charge >= 0.3 is 0 Å². The molecule has 1 aromatic heterocycles. The summed E-state index contributed by atoms with van der Waals surface area (Å²) in [4.78, 5) is 4.31. The van der Waals surface area contributed by atoms with Gasteiger partial charge in [-0.3, -0.25) is 4.98 Å². The minimum atomic E-state index is -3.70. The molecule has 32 heavy (non-hydrogen) atoms. The molecule has 0 atom stereocenters. The molecule has 0 fully saturated rings. The Balaban J connectivity index is 1.44. The minimum Gasteiger partial charge on any atom is -0.381 e. The Hall–Kier alpha value is -3.19. The van der Waals surface area contributed by atoms with Gasteiger partial charge in [0.15, 0.2) is 0 Å². The predicted molar refractivity (Wildman–Crippen MR) is 131 cm³/mol. The van der Waals surface area contributed by atoms with Crippen molar-refractivity contribution in [3.8, 4) is 0 Å². The number of halogens is 1. The van der Waals surface area contributed by atoms with Crippen LogP contribution in [-0.4, -0.2) is 19.9 Å². The van der Waals surface area contributed by atoms with E-state index in [2.05, 4.69) is 15.0 Å². The fourth-order valence-electron chi connectivity index (χ4n) is 3.36. The number of hydrogen-bond donors (Lipinski definition) is 2. The van der Waals surface area contributed by atoms with Crippen LogP contribution < -0.4 is 10.0 Å². The molecular weight excluding hydrogens is 442 g/mol. The Morgan fingerprint density at radius 2 is 1.75 bits per heavy atom. The van der Waals surface area contributed by atoms with Crippen LogP contribution in [0.15, 0.2) is 96.2 Å². The number of benzene rings is 3. The first kappa shape index (κ1) is 22.0. The van der Waals surface area contributed by atoms with Crippen LogP contribution in [-0.2, 0) is 16.6 Å². The highest BCUT2D eigenvalue weighted by molar-refractivity contribution is 7.89. The number of nitrogens with zero attached hydrogens (tertiary/aromatic N) is 1. The summed E-state index contributed by atoms with van der Waals surface area (Å²) in [6.45, 7) is 0.774. The van der Waals surface area contributed by atoms with E-state index >= 15 is 0 Å². The first-order chi connectivity index (χ1) is 15.5. The van der Waals surface area contributed by atoms with Crippen molar-refractivity contribution in [1.29, 1.82) is 0 Å². The van der Waals surface area contributed by atoms with E-state index in [-0.39, 0.29) is 11.4 Å². The zero-order valence-electron chi connectivity index (χ0n) is 17.2. The summed E-state index contributed by atoms with van der Waals surface area (Å²) >= 11 is 5.91. The first-order valence-electron chi connectivity index (χ1n) is 10.1. The number of fused-ring (bicyclic) bond motifs is 1. The third kappa shape index (κ3) is 5.34. The third-order valence-corrected chi connectivity index (χ3v) is 6.70. The largest absolute Gasteiger partial charge is 0.381 e. The molecule has 0 bridgehead atoms. The quantitative estimate of drug-likeness (QED) is 0.362. The molecule has 0 radical (unpaired) electrons. The van der Waals surface area contributed by atoms with Crippen LogP contribution in [0.5, 0.6) is 0 Å². The van der Waals surface area contributed by atoms with Gasteiger partial charge in [-0.25, -0.2) is 13.1 Å². The van der Waals surface area contributed by atoms with Gasteiger partial charge in [-0.15, -0.1) is 0 Å². The number of anilines is 1. The smallest absolute Gasteiger partial charge is 0.241 e. The minimum absolute atomic E-state index is 0.174. The van der Waals surface area contributed by atoms with Crippen LogP contribution >= 0.6 is 11.6 Å². The van der Waals surface area contributed by atoms with E-state index in [0.717, 1.165) is 22.2 Å². The molecule has 0 amide bonds. The van der Waals surface area contributed by atoms with Crippen LogP contribution in [0.4, 0.5) is 5.69 Å². The van der Waals surface area contributed by atoms with Crippen molar-refractivity contribution in [2.75, 3.05) is 11.9 Å². The van der Waals surface area contributed by atoms with Crippen LogP contribution in [0, 0.1) is 0 Å². The van der Waals surface area contributed by atoms with Gasteiger partial charge in [-0.2, -0.15) is 0 Å². The van der Waals surface area contributed by atoms with E-state index in [1.165, 1.54) is 0 Å². The van der Waals surface area contributed by atoms with Crippen molar-refractivity contribution in [1.82, 2.24) is 9.71 Å². The fourth-order valence-corrected chi connectivity index (χ4v) is 4.72. The molecule has 0 aliphatic carbocycles. The topological polar surface area (TPSA) is 71.1 Å². The number of sulfonamides is 1. The Bertz CT molecular complexity index is 1350. The molecule has 0 saturated carbocycles. The van der Waals surface area contributed by atoms with E-state index in [1.807, 2.05) is 66.7 Å². The maximum absolute atomic E-state index is 13.0. The number of rotatable bonds is 8. The lowest BCUT2D eigenvalue weighted by molar-refractivity contribution is 0.582. The molecule has 3 aromatic carbocycles. The summed E-state index contributed by atoms with van der Waals surface area (Å²) in [5, 5.41) is 5.48. The Morgan fingerprint density at radius 3 is 2.59 bits per heavy atom. The molecule has 0 aliphatic heterocycles. The van der Waals surface area contributed by atoms with Crippen LogP contribution in [0.1, 0.15) is 11.1 Å². The van der Waals surface area contributed by atoms with Crippen LogP contribution in [0.25, 0.3) is 16.8 Å². The summed E-state index contributed by atoms with van der Waals surface area (Å²) in [7, 11) is -3.70. The Labute approximate surface area is 192 Å². The second kappa shape index (κ2) is 9.96. The molecule has 4 rings (SSSR count). The number of para-hydroxylation sites is 1. The van der Waals surface area contributed by atoms with E-state index in [9.17, 15) is 8.42 Å². The molecule has 4 aromatic rings. The fraction of sp³-hybridized carbons (Fsp3) is 0.0800. The highest BCUT2D eigenvalue weighted by atomic mass is 35.5. The molecule has 5 nitrogen and oxygen atoms in total. The molecule has 7 heteroatoms. The van der Waals surface area contributed by atoms with Gasteiger partial charge in [-0.05, 0) is 41.5 Å². The maximum Gasteiger partial charge on any atom is 0.241 e. The van der Waals surface area contributed by atoms with E-state index < -0.39 is 10.0 Å². The lowest BCUT2D eigenvalue weighted by Crippen LogP contribution is -2.24. The van der Waals surface area contributed by atoms with E-state index in [0.29, 0.717) is 17.0 Å². The summed E-state index contributed by atoms with van der Waals surface area (Å²) in [5.41, 5.74) is 2.79. The van der Waals surface area contributed by atoms with Gasteiger partial charge in [0.05, 0.1) is 4.90 Å². The monoisotopic (exact) mass is 463 g/mol. The first-order valence-corrected chi connectivity index (χ1v) is 12.0. The lowest BCUT2D eigenvalue weighted by Gasteiger charge is -2.13. The van der Waals surface area contributed by atoms with Gasteiger partial charge in [0.1, 0.15) is 0 Å². The normalized spacial score (nSPS) is 11.8. The standard InChI is InChI=1S/C25H22ClN3O2S/c26-22-12-10-19(11-13-22)5-4-15-28-24-8-2-1-6-21(24)18-29-32(30,31)25-9-3-7-20-17-27-16-14-23(20)25/h1-14,16-17,28-29H,15,18H2. The summed E-state index contributed by atoms with van der Waals surface area (Å²) in [6, 6.07) is 22.1. The maximum atomic E-state index is 13.0. The molecule has 0 spiro atoms. The van der Waals surface area contributed by atoms with Crippen molar-refractivity contribution in [3.63, 3.8) is 0 Å². The highest BCUT2D eigenvalue weighted by Crippen LogP contribution is 2.23. The van der Waals surface area contributed by atoms with E-state index in [4.69, 9.17) is 11.6 Å². The van der Waals surface area contributed by atoms with Crippen molar-refractivity contribution >= 4 is 44.2 Å². The lowest BCUT2D eigenvalue weighted by atomic mass is 10.1. The number of nitrogens with one attached hydrogen (secondary N) is 2. The van der Waals surface area contributed by atoms with Crippen LogP contribution in [0.3, 0.4) is 0 Å². The molecule has 2 N–H and O–H groups in total. The van der Waals surface area contributed by atoms with Gasteiger partial charge in [0.25, 0.3) is 0 Å². The zero-order chi connectivity index (χ0) is 22.4. The summed E-state index contributed by atoms with van der Waals surface area (Å²) in [6.07, 6.45) is 7.27. The molecular formula is C25H22ClN3O2S. The van der Waals surface area contributed by atoms with Gasteiger partial charge < -0.3 is 5.32 Å². The number of pyridine rings is 1. The van der Waals surface area contributed by atoms with Crippen molar-refractivity contribution in [2.24, 2.45) is 0 Å². The second-order valence-corrected chi connectivity index (χ2v) is 9.34. The van der Waals surface area contributed by atoms with Gasteiger partial charge in [0, 0.05) is 47.0 Å². The predicted octanol–water partition coefficient (Wildman–Crippen LogP) is 5.49. The molecule has 162 valence electrons. The molecule has 0 saturated heterocycles.